The molecule has 3 atom stereocenters. The maximum Gasteiger partial charge on any atom is 0.222 e. The van der Waals surface area contributed by atoms with Crippen LogP contribution in [0.1, 0.15) is 37.3 Å². The van der Waals surface area contributed by atoms with Gasteiger partial charge in [0.15, 0.2) is 0 Å². The van der Waals surface area contributed by atoms with Gasteiger partial charge in [0.25, 0.3) is 0 Å². The SMILES string of the molecule is CCNc1ncc(CN2[C@H]3CC[C@@H]2[C@@](CO)(Cc2ccccc2)C3)cn1. The second-order valence-corrected chi connectivity index (χ2v) is 7.75. The van der Waals surface area contributed by atoms with Crippen LogP contribution in [0, 0.1) is 5.41 Å². The van der Waals surface area contributed by atoms with Crippen molar-refractivity contribution in [2.45, 2.75) is 51.2 Å². The van der Waals surface area contributed by atoms with Crippen molar-refractivity contribution < 1.29 is 5.11 Å². The minimum atomic E-state index is -0.0190. The molecule has 0 amide bonds. The third-order valence-electron chi connectivity index (χ3n) is 6.11. The Morgan fingerprint density at radius 3 is 2.62 bits per heavy atom. The number of rotatable bonds is 7. The Labute approximate surface area is 155 Å². The van der Waals surface area contributed by atoms with Gasteiger partial charge in [-0.25, -0.2) is 9.97 Å². The zero-order valence-electron chi connectivity index (χ0n) is 15.4. The highest BCUT2D eigenvalue weighted by Crippen LogP contribution is 2.51. The van der Waals surface area contributed by atoms with E-state index in [0.717, 1.165) is 31.5 Å². The molecular formula is C21H28N4O. The summed E-state index contributed by atoms with van der Waals surface area (Å²) < 4.78 is 0. The van der Waals surface area contributed by atoms with Gasteiger partial charge in [0, 0.05) is 48.5 Å². The summed E-state index contributed by atoms with van der Waals surface area (Å²) >= 11 is 0. The van der Waals surface area contributed by atoms with Gasteiger partial charge in [-0.3, -0.25) is 4.90 Å². The zero-order valence-corrected chi connectivity index (χ0v) is 15.4. The van der Waals surface area contributed by atoms with Gasteiger partial charge < -0.3 is 10.4 Å². The first-order valence-corrected chi connectivity index (χ1v) is 9.69. The molecule has 1 aromatic heterocycles. The van der Waals surface area contributed by atoms with Crippen LogP contribution >= 0.6 is 0 Å². The number of anilines is 1. The summed E-state index contributed by atoms with van der Waals surface area (Å²) in [6, 6.07) is 11.6. The highest BCUT2D eigenvalue weighted by molar-refractivity contribution is 5.25. The third-order valence-corrected chi connectivity index (χ3v) is 6.11. The third kappa shape index (κ3) is 3.21. The first-order chi connectivity index (χ1) is 12.7. The highest BCUT2D eigenvalue weighted by atomic mass is 16.3. The lowest BCUT2D eigenvalue weighted by atomic mass is 9.70. The van der Waals surface area contributed by atoms with E-state index in [1.165, 1.54) is 18.4 Å². The van der Waals surface area contributed by atoms with Crippen LogP contribution in [-0.2, 0) is 13.0 Å². The molecule has 0 radical (unpaired) electrons. The summed E-state index contributed by atoms with van der Waals surface area (Å²) in [5.41, 5.74) is 2.46. The van der Waals surface area contributed by atoms with E-state index >= 15 is 0 Å². The minimum absolute atomic E-state index is 0.0190. The molecule has 5 nitrogen and oxygen atoms in total. The Balaban J connectivity index is 1.50. The molecule has 0 spiro atoms. The number of aromatic nitrogens is 2. The van der Waals surface area contributed by atoms with E-state index in [9.17, 15) is 5.11 Å². The molecule has 3 heterocycles. The van der Waals surface area contributed by atoms with Crippen molar-refractivity contribution in [3.63, 3.8) is 0 Å². The molecule has 26 heavy (non-hydrogen) atoms. The number of hydrogen-bond donors (Lipinski definition) is 2. The molecule has 2 aromatic rings. The normalized spacial score (nSPS) is 27.8. The number of nitrogens with zero attached hydrogens (tertiary/aromatic N) is 3. The summed E-state index contributed by atoms with van der Waals surface area (Å²) in [7, 11) is 0. The first kappa shape index (κ1) is 17.4. The van der Waals surface area contributed by atoms with Crippen LogP contribution < -0.4 is 5.32 Å². The summed E-state index contributed by atoms with van der Waals surface area (Å²) in [4.78, 5) is 11.4. The Hall–Kier alpha value is -1.98. The molecule has 2 aliphatic rings. The molecule has 0 saturated carbocycles. The molecule has 2 bridgehead atoms. The molecule has 0 aliphatic carbocycles. The van der Waals surface area contributed by atoms with Crippen molar-refractivity contribution in [3.8, 4) is 0 Å². The lowest BCUT2D eigenvalue weighted by Gasteiger charge is -2.36. The predicted octanol–water partition coefficient (Wildman–Crippen LogP) is 2.87. The van der Waals surface area contributed by atoms with Crippen LogP contribution in [0.25, 0.3) is 0 Å². The second-order valence-electron chi connectivity index (χ2n) is 7.75. The van der Waals surface area contributed by atoms with Crippen LogP contribution in [0.4, 0.5) is 5.95 Å². The van der Waals surface area contributed by atoms with Crippen molar-refractivity contribution >= 4 is 5.95 Å². The summed E-state index contributed by atoms with van der Waals surface area (Å²) in [5.74, 6) is 0.689. The summed E-state index contributed by atoms with van der Waals surface area (Å²) in [6.45, 7) is 4.00. The topological polar surface area (TPSA) is 61.3 Å². The molecule has 138 valence electrons. The maximum atomic E-state index is 10.3. The van der Waals surface area contributed by atoms with E-state index in [1.807, 2.05) is 19.3 Å². The van der Waals surface area contributed by atoms with Crippen molar-refractivity contribution in [2.24, 2.45) is 5.41 Å². The number of fused-ring (bicyclic) bond motifs is 2. The van der Waals surface area contributed by atoms with Gasteiger partial charge in [-0.1, -0.05) is 30.3 Å². The highest BCUT2D eigenvalue weighted by Gasteiger charge is 2.55. The summed E-state index contributed by atoms with van der Waals surface area (Å²) in [5, 5.41) is 13.5. The Morgan fingerprint density at radius 1 is 1.15 bits per heavy atom. The standard InChI is InChI=1S/C21H28N4O/c1-2-22-20-23-12-17(13-24-20)14-25-18-8-9-19(25)21(11-18,15-26)10-16-6-4-3-5-7-16/h3-7,12-13,18-19,26H,2,8-11,14-15H2,1H3,(H,22,23,24)/t18-,19+,21-/m0/s1. The first-order valence-electron chi connectivity index (χ1n) is 9.69. The molecule has 2 aliphatic heterocycles. The predicted molar refractivity (Wildman–Crippen MR) is 103 cm³/mol. The molecule has 2 saturated heterocycles. The number of aliphatic hydroxyl groups excluding tert-OH is 1. The lowest BCUT2D eigenvalue weighted by molar-refractivity contribution is 0.0750. The quantitative estimate of drug-likeness (QED) is 0.802. The van der Waals surface area contributed by atoms with Crippen LogP contribution in [0.5, 0.6) is 0 Å². The minimum Gasteiger partial charge on any atom is -0.396 e. The number of hydrogen-bond acceptors (Lipinski definition) is 5. The van der Waals surface area contributed by atoms with E-state index < -0.39 is 0 Å². The van der Waals surface area contributed by atoms with Gasteiger partial charge in [0.05, 0.1) is 6.61 Å². The van der Waals surface area contributed by atoms with Gasteiger partial charge in [0.1, 0.15) is 0 Å². The average Bonchev–Trinajstić information content (AvgIpc) is 3.19. The van der Waals surface area contributed by atoms with Gasteiger partial charge in [-0.05, 0) is 38.2 Å². The fraction of sp³-hybridized carbons (Fsp3) is 0.524. The Bertz CT molecular complexity index is 721. The summed E-state index contributed by atoms with van der Waals surface area (Å²) in [6.07, 6.45) is 8.31. The fourth-order valence-corrected chi connectivity index (χ4v) is 4.97. The largest absolute Gasteiger partial charge is 0.396 e. The molecule has 4 rings (SSSR count). The monoisotopic (exact) mass is 352 g/mol. The van der Waals surface area contributed by atoms with Gasteiger partial charge in [0.2, 0.25) is 5.95 Å². The van der Waals surface area contributed by atoms with Gasteiger partial charge >= 0.3 is 0 Å². The maximum absolute atomic E-state index is 10.3. The second kappa shape index (κ2) is 7.33. The molecular weight excluding hydrogens is 324 g/mol. The molecule has 5 heteroatoms. The fourth-order valence-electron chi connectivity index (χ4n) is 4.97. The van der Waals surface area contributed by atoms with Crippen molar-refractivity contribution in [3.05, 3.63) is 53.9 Å². The van der Waals surface area contributed by atoms with Gasteiger partial charge in [-0.15, -0.1) is 0 Å². The van der Waals surface area contributed by atoms with Crippen LogP contribution in [0.2, 0.25) is 0 Å². The molecule has 0 unspecified atom stereocenters. The van der Waals surface area contributed by atoms with E-state index in [-0.39, 0.29) is 12.0 Å². The average molecular weight is 352 g/mol. The zero-order chi connectivity index (χ0) is 18.0. The van der Waals surface area contributed by atoms with E-state index in [0.29, 0.717) is 18.0 Å². The molecule has 2 fully saturated rings. The Morgan fingerprint density at radius 2 is 1.92 bits per heavy atom. The van der Waals surface area contributed by atoms with Crippen LogP contribution in [-0.4, -0.2) is 45.2 Å². The van der Waals surface area contributed by atoms with E-state index in [4.69, 9.17) is 0 Å². The van der Waals surface area contributed by atoms with Crippen molar-refractivity contribution in [1.29, 1.82) is 0 Å². The van der Waals surface area contributed by atoms with E-state index in [2.05, 4.69) is 50.5 Å². The van der Waals surface area contributed by atoms with Gasteiger partial charge in [-0.2, -0.15) is 0 Å². The lowest BCUT2D eigenvalue weighted by Crippen LogP contribution is -2.41. The number of aliphatic hydroxyl groups is 1. The Kier molecular flexibility index (Phi) is 4.92. The van der Waals surface area contributed by atoms with Crippen molar-refractivity contribution in [2.75, 3.05) is 18.5 Å². The smallest absolute Gasteiger partial charge is 0.222 e. The molecule has 2 N–H and O–H groups in total. The number of benzene rings is 1. The van der Waals surface area contributed by atoms with Crippen LogP contribution in [0.3, 0.4) is 0 Å². The van der Waals surface area contributed by atoms with E-state index in [1.54, 1.807) is 0 Å². The van der Waals surface area contributed by atoms with Crippen LogP contribution in [0.15, 0.2) is 42.7 Å². The van der Waals surface area contributed by atoms with Crippen molar-refractivity contribution in [1.82, 2.24) is 14.9 Å². The molecule has 1 aromatic carbocycles. The number of nitrogens with one attached hydrogen (secondary N) is 1.